The van der Waals surface area contributed by atoms with E-state index in [0.29, 0.717) is 5.69 Å². The largest absolute Gasteiger partial charge is 0.435 e. The maximum Gasteiger partial charge on any atom is 0.435 e. The molecule has 0 saturated carbocycles. The molecule has 0 amide bonds. The molecular formula is C7H8N6O2. The second-order valence-corrected chi connectivity index (χ2v) is 2.96. The van der Waals surface area contributed by atoms with Crippen molar-refractivity contribution in [3.8, 4) is 0 Å². The molecule has 0 spiro atoms. The van der Waals surface area contributed by atoms with Gasteiger partial charge in [-0.15, -0.1) is 0 Å². The van der Waals surface area contributed by atoms with Gasteiger partial charge < -0.3 is 10.1 Å². The molecule has 0 saturated heterocycles. The van der Waals surface area contributed by atoms with Gasteiger partial charge in [-0.2, -0.15) is 15.4 Å². The molecule has 0 aliphatic rings. The van der Waals surface area contributed by atoms with Crippen LogP contribution in [-0.4, -0.2) is 29.9 Å². The smallest absolute Gasteiger partial charge is 0.390 e. The Hall–Kier alpha value is -2.25. The number of hydrogen-bond acceptors (Lipinski definition) is 5. The van der Waals surface area contributed by atoms with Crippen molar-refractivity contribution in [3.05, 3.63) is 34.4 Å². The highest BCUT2D eigenvalue weighted by molar-refractivity contribution is 5.13. The number of imidazole rings is 1. The van der Waals surface area contributed by atoms with E-state index in [-0.39, 0.29) is 12.0 Å². The van der Waals surface area contributed by atoms with Gasteiger partial charge in [-0.25, -0.2) is 4.57 Å². The van der Waals surface area contributed by atoms with Crippen molar-refractivity contribution in [1.82, 2.24) is 25.0 Å². The number of H-pyrrole nitrogens is 1. The number of aromatic amines is 1. The Kier molecular flexibility index (Phi) is 2.16. The Labute approximate surface area is 84.1 Å². The predicted molar refractivity (Wildman–Crippen MR) is 49.1 cm³/mol. The van der Waals surface area contributed by atoms with Gasteiger partial charge in [0.05, 0.1) is 6.20 Å². The zero-order valence-corrected chi connectivity index (χ0v) is 7.86. The normalized spacial score (nSPS) is 12.6. The third-order valence-corrected chi connectivity index (χ3v) is 2.09. The second-order valence-electron chi connectivity index (χ2n) is 2.96. The van der Waals surface area contributed by atoms with Crippen LogP contribution in [0.15, 0.2) is 18.6 Å². The molecule has 1 atom stereocenters. The van der Waals surface area contributed by atoms with Crippen LogP contribution in [0, 0.1) is 10.1 Å². The van der Waals surface area contributed by atoms with Crippen LogP contribution in [-0.2, 0) is 0 Å². The molecule has 0 radical (unpaired) electrons. The van der Waals surface area contributed by atoms with Crippen molar-refractivity contribution >= 4 is 5.95 Å². The summed E-state index contributed by atoms with van der Waals surface area (Å²) in [4.78, 5) is 13.8. The van der Waals surface area contributed by atoms with Gasteiger partial charge in [-0.1, -0.05) is 4.98 Å². The van der Waals surface area contributed by atoms with E-state index in [0.717, 1.165) is 0 Å². The number of rotatable bonds is 3. The SMILES string of the molecule is CC(c1cn[nH]n1)n1ccnc1[N+](=O)[O-]. The molecular weight excluding hydrogens is 200 g/mol. The first-order valence-corrected chi connectivity index (χ1v) is 4.23. The van der Waals surface area contributed by atoms with Crippen molar-refractivity contribution in [1.29, 1.82) is 0 Å². The van der Waals surface area contributed by atoms with E-state index in [1.807, 2.05) is 0 Å². The quantitative estimate of drug-likeness (QED) is 0.585. The van der Waals surface area contributed by atoms with Crippen LogP contribution < -0.4 is 0 Å². The summed E-state index contributed by atoms with van der Waals surface area (Å²) < 4.78 is 1.43. The standard InChI is InChI=1S/C7H8N6O2/c1-5(6-4-9-11-10-6)12-3-2-8-7(12)13(14)15/h2-5H,1H3,(H,9,10,11). The van der Waals surface area contributed by atoms with Crippen molar-refractivity contribution < 1.29 is 4.92 Å². The summed E-state index contributed by atoms with van der Waals surface area (Å²) >= 11 is 0. The molecule has 78 valence electrons. The highest BCUT2D eigenvalue weighted by atomic mass is 16.6. The zero-order valence-electron chi connectivity index (χ0n) is 7.86. The number of aromatic nitrogens is 5. The van der Waals surface area contributed by atoms with E-state index in [2.05, 4.69) is 20.4 Å². The number of nitrogens with zero attached hydrogens (tertiary/aromatic N) is 5. The lowest BCUT2D eigenvalue weighted by molar-refractivity contribution is -0.397. The summed E-state index contributed by atoms with van der Waals surface area (Å²) in [6.07, 6.45) is 4.45. The van der Waals surface area contributed by atoms with E-state index in [1.165, 1.54) is 23.2 Å². The monoisotopic (exact) mass is 208 g/mol. The minimum Gasteiger partial charge on any atom is -0.390 e. The van der Waals surface area contributed by atoms with Crippen LogP contribution >= 0.6 is 0 Å². The molecule has 2 rings (SSSR count). The minimum atomic E-state index is -0.531. The van der Waals surface area contributed by atoms with Crippen LogP contribution in [0.25, 0.3) is 0 Å². The maximum absolute atomic E-state index is 10.6. The third-order valence-electron chi connectivity index (χ3n) is 2.09. The lowest BCUT2D eigenvalue weighted by Gasteiger charge is -2.06. The van der Waals surface area contributed by atoms with Crippen LogP contribution in [0.5, 0.6) is 0 Å². The lowest BCUT2D eigenvalue weighted by Crippen LogP contribution is -2.09. The fourth-order valence-corrected chi connectivity index (χ4v) is 1.30. The van der Waals surface area contributed by atoms with E-state index in [1.54, 1.807) is 6.92 Å². The first-order valence-electron chi connectivity index (χ1n) is 4.23. The average Bonchev–Trinajstić information content (AvgIpc) is 2.88. The summed E-state index contributed by atoms with van der Waals surface area (Å²) in [6.45, 7) is 1.78. The van der Waals surface area contributed by atoms with Crippen LogP contribution in [0.2, 0.25) is 0 Å². The number of nitrogens with one attached hydrogen (secondary N) is 1. The Balaban J connectivity index is 2.37. The van der Waals surface area contributed by atoms with Crippen molar-refractivity contribution in [2.45, 2.75) is 13.0 Å². The van der Waals surface area contributed by atoms with Gasteiger partial charge in [0, 0.05) is 0 Å². The zero-order chi connectivity index (χ0) is 10.8. The van der Waals surface area contributed by atoms with Gasteiger partial charge in [0.15, 0.2) is 0 Å². The van der Waals surface area contributed by atoms with Gasteiger partial charge in [-0.05, 0) is 11.8 Å². The summed E-state index contributed by atoms with van der Waals surface area (Å²) in [6, 6.07) is -0.272. The van der Waals surface area contributed by atoms with Crippen molar-refractivity contribution in [2.24, 2.45) is 0 Å². The summed E-state index contributed by atoms with van der Waals surface area (Å²) in [5.41, 5.74) is 0.621. The van der Waals surface area contributed by atoms with Crippen LogP contribution in [0.4, 0.5) is 5.95 Å². The fourth-order valence-electron chi connectivity index (χ4n) is 1.30. The minimum absolute atomic E-state index is 0.203. The van der Waals surface area contributed by atoms with Crippen LogP contribution in [0.3, 0.4) is 0 Å². The molecule has 0 aliphatic carbocycles. The van der Waals surface area contributed by atoms with E-state index >= 15 is 0 Å². The Morgan fingerprint density at radius 1 is 1.67 bits per heavy atom. The summed E-state index contributed by atoms with van der Waals surface area (Å²) in [7, 11) is 0. The van der Waals surface area contributed by atoms with Gasteiger partial charge in [-0.3, -0.25) is 0 Å². The first-order chi connectivity index (χ1) is 7.20. The average molecular weight is 208 g/mol. The molecule has 8 nitrogen and oxygen atoms in total. The van der Waals surface area contributed by atoms with Crippen molar-refractivity contribution in [2.75, 3.05) is 0 Å². The Bertz CT molecular complexity index is 462. The molecule has 1 N–H and O–H groups in total. The van der Waals surface area contributed by atoms with Gasteiger partial charge in [0.2, 0.25) is 0 Å². The van der Waals surface area contributed by atoms with E-state index in [9.17, 15) is 10.1 Å². The molecule has 2 aromatic rings. The fraction of sp³-hybridized carbons (Fsp3) is 0.286. The van der Waals surface area contributed by atoms with E-state index < -0.39 is 4.92 Å². The highest BCUT2D eigenvalue weighted by Crippen LogP contribution is 2.19. The molecule has 2 aromatic heterocycles. The summed E-state index contributed by atoms with van der Waals surface area (Å²) in [5, 5.41) is 20.6. The number of hydrogen-bond donors (Lipinski definition) is 1. The highest BCUT2D eigenvalue weighted by Gasteiger charge is 2.22. The summed E-state index contributed by atoms with van der Waals surface area (Å²) in [5.74, 6) is -0.203. The molecule has 8 heteroatoms. The maximum atomic E-state index is 10.6. The lowest BCUT2D eigenvalue weighted by atomic mass is 10.2. The second kappa shape index (κ2) is 3.48. The van der Waals surface area contributed by atoms with Gasteiger partial charge in [0.25, 0.3) is 0 Å². The molecule has 0 aliphatic heterocycles. The Morgan fingerprint density at radius 2 is 2.47 bits per heavy atom. The van der Waals surface area contributed by atoms with Gasteiger partial charge in [0.1, 0.15) is 24.1 Å². The Morgan fingerprint density at radius 3 is 3.07 bits per heavy atom. The molecule has 15 heavy (non-hydrogen) atoms. The molecule has 0 bridgehead atoms. The molecule has 0 fully saturated rings. The predicted octanol–water partition coefficient (Wildman–Crippen LogP) is 0.519. The van der Waals surface area contributed by atoms with Gasteiger partial charge >= 0.3 is 5.95 Å². The molecule has 0 aromatic carbocycles. The van der Waals surface area contributed by atoms with Crippen LogP contribution in [0.1, 0.15) is 18.7 Å². The number of nitro groups is 1. The molecule has 2 heterocycles. The third kappa shape index (κ3) is 1.56. The van der Waals surface area contributed by atoms with Crippen molar-refractivity contribution in [3.63, 3.8) is 0 Å². The molecule has 1 unspecified atom stereocenters. The van der Waals surface area contributed by atoms with E-state index in [4.69, 9.17) is 0 Å². The topological polar surface area (TPSA) is 103 Å². The first kappa shape index (κ1) is 9.31.